The average molecular weight is 611 g/mol. The van der Waals surface area contributed by atoms with Crippen LogP contribution in [0.3, 0.4) is 0 Å². The summed E-state index contributed by atoms with van der Waals surface area (Å²) >= 11 is 18.2. The first-order valence-electron chi connectivity index (χ1n) is 12.3. The molecule has 0 aliphatic rings. The number of nitrogens with one attached hydrogen (secondary N) is 1. The molecule has 0 spiro atoms. The molecule has 3 aromatic carbocycles. The third-order valence-corrected chi connectivity index (χ3v) is 8.88. The van der Waals surface area contributed by atoms with Gasteiger partial charge < -0.3 is 10.2 Å². The molecule has 0 heterocycles. The summed E-state index contributed by atoms with van der Waals surface area (Å²) in [6, 6.07) is 16.6. The van der Waals surface area contributed by atoms with Gasteiger partial charge in [0.05, 0.1) is 20.6 Å². The van der Waals surface area contributed by atoms with Gasteiger partial charge in [-0.05, 0) is 73.9 Å². The molecule has 7 nitrogen and oxygen atoms in total. The number of benzene rings is 3. The number of amides is 2. The predicted octanol–water partition coefficient (Wildman–Crippen LogP) is 6.09. The molecule has 3 aromatic rings. The first kappa shape index (κ1) is 30.8. The van der Waals surface area contributed by atoms with Crippen molar-refractivity contribution in [3.05, 3.63) is 92.9 Å². The number of rotatable bonds is 11. The molecule has 0 aromatic heterocycles. The highest BCUT2D eigenvalue weighted by Gasteiger charge is 2.33. The van der Waals surface area contributed by atoms with E-state index in [0.29, 0.717) is 38.4 Å². The Labute approximate surface area is 244 Å². The summed E-state index contributed by atoms with van der Waals surface area (Å²) in [5.74, 6) is -0.922. The Balaban J connectivity index is 2.04. The van der Waals surface area contributed by atoms with Crippen molar-refractivity contribution >= 4 is 62.3 Å². The standard InChI is InChI=1S/C28H30Cl3N3O4S/c1-4-15-32-28(36)20(3)33(17-21-9-14-24(30)25(31)16-21)27(35)18-34(26-8-6-5-7-19(26)2)39(37,38)23-12-10-22(29)11-13-23/h5-14,16,20H,4,15,17-18H2,1-3H3,(H,32,36). The maximum atomic E-state index is 13.9. The zero-order valence-electron chi connectivity index (χ0n) is 21.8. The lowest BCUT2D eigenvalue weighted by Crippen LogP contribution is -2.51. The number of halogens is 3. The summed E-state index contributed by atoms with van der Waals surface area (Å²) in [6.45, 7) is 5.20. The van der Waals surface area contributed by atoms with Crippen molar-refractivity contribution in [2.45, 2.75) is 44.7 Å². The lowest BCUT2D eigenvalue weighted by atomic mass is 10.1. The number of para-hydroxylation sites is 1. The summed E-state index contributed by atoms with van der Waals surface area (Å²) in [7, 11) is -4.18. The van der Waals surface area contributed by atoms with Gasteiger partial charge >= 0.3 is 0 Å². The van der Waals surface area contributed by atoms with Crippen molar-refractivity contribution in [1.29, 1.82) is 0 Å². The minimum absolute atomic E-state index is 0.0129. The predicted molar refractivity (Wildman–Crippen MR) is 157 cm³/mol. The van der Waals surface area contributed by atoms with Crippen LogP contribution in [-0.2, 0) is 26.2 Å². The van der Waals surface area contributed by atoms with Crippen molar-refractivity contribution in [1.82, 2.24) is 10.2 Å². The lowest BCUT2D eigenvalue weighted by Gasteiger charge is -2.32. The van der Waals surface area contributed by atoms with Crippen molar-refractivity contribution in [3.8, 4) is 0 Å². The minimum atomic E-state index is -4.18. The largest absolute Gasteiger partial charge is 0.354 e. The number of anilines is 1. The molecule has 0 aliphatic carbocycles. The number of hydrogen-bond acceptors (Lipinski definition) is 4. The molecule has 208 valence electrons. The SMILES string of the molecule is CCCNC(=O)C(C)N(Cc1ccc(Cl)c(Cl)c1)C(=O)CN(c1ccccc1C)S(=O)(=O)c1ccc(Cl)cc1. The Kier molecular flexibility index (Phi) is 10.7. The quantitative estimate of drug-likeness (QED) is 0.285. The van der Waals surface area contributed by atoms with Crippen molar-refractivity contribution in [2.75, 3.05) is 17.4 Å². The summed E-state index contributed by atoms with van der Waals surface area (Å²) in [6.07, 6.45) is 0.722. The van der Waals surface area contributed by atoms with Crippen LogP contribution < -0.4 is 9.62 Å². The van der Waals surface area contributed by atoms with Gasteiger partial charge in [0.25, 0.3) is 10.0 Å². The van der Waals surface area contributed by atoms with Crippen molar-refractivity contribution < 1.29 is 18.0 Å². The topological polar surface area (TPSA) is 86.8 Å². The van der Waals surface area contributed by atoms with E-state index in [1.807, 2.05) is 6.92 Å². The van der Waals surface area contributed by atoms with E-state index in [-0.39, 0.29) is 17.3 Å². The highest BCUT2D eigenvalue weighted by atomic mass is 35.5. The number of carbonyl (C=O) groups is 2. The second-order valence-electron chi connectivity index (χ2n) is 8.99. The zero-order chi connectivity index (χ0) is 28.7. The second-order valence-corrected chi connectivity index (χ2v) is 12.1. The van der Waals surface area contributed by atoms with Crippen LogP contribution in [0.2, 0.25) is 15.1 Å². The monoisotopic (exact) mass is 609 g/mol. The average Bonchev–Trinajstić information content (AvgIpc) is 2.91. The molecule has 2 amide bonds. The molecule has 0 radical (unpaired) electrons. The van der Waals surface area contributed by atoms with Crippen LogP contribution in [-0.4, -0.2) is 44.3 Å². The maximum Gasteiger partial charge on any atom is 0.264 e. The third-order valence-electron chi connectivity index (χ3n) is 6.12. The molecule has 0 bridgehead atoms. The van der Waals surface area contributed by atoms with Crippen LogP contribution in [0.15, 0.2) is 71.6 Å². The maximum absolute atomic E-state index is 13.9. The van der Waals surface area contributed by atoms with Gasteiger partial charge in [-0.1, -0.05) is 66.0 Å². The van der Waals surface area contributed by atoms with Gasteiger partial charge in [0.1, 0.15) is 12.6 Å². The number of sulfonamides is 1. The van der Waals surface area contributed by atoms with Gasteiger partial charge in [-0.3, -0.25) is 13.9 Å². The summed E-state index contributed by atoms with van der Waals surface area (Å²) in [4.78, 5) is 28.1. The summed E-state index contributed by atoms with van der Waals surface area (Å²) < 4.78 is 28.7. The van der Waals surface area contributed by atoms with Crippen LogP contribution in [0.25, 0.3) is 0 Å². The Morgan fingerprint density at radius 1 is 0.949 bits per heavy atom. The minimum Gasteiger partial charge on any atom is -0.354 e. The first-order chi connectivity index (χ1) is 18.4. The molecule has 0 aliphatic heterocycles. The zero-order valence-corrected chi connectivity index (χ0v) is 24.9. The molecular weight excluding hydrogens is 581 g/mol. The molecule has 11 heteroatoms. The highest BCUT2D eigenvalue weighted by molar-refractivity contribution is 7.92. The van der Waals surface area contributed by atoms with Gasteiger partial charge in [-0.25, -0.2) is 8.42 Å². The van der Waals surface area contributed by atoms with E-state index in [4.69, 9.17) is 34.8 Å². The highest BCUT2D eigenvalue weighted by Crippen LogP contribution is 2.28. The van der Waals surface area contributed by atoms with E-state index in [2.05, 4.69) is 5.32 Å². The molecule has 1 unspecified atom stereocenters. The van der Waals surface area contributed by atoms with E-state index in [1.165, 1.54) is 29.2 Å². The Morgan fingerprint density at radius 2 is 1.62 bits per heavy atom. The molecule has 1 N–H and O–H groups in total. The Morgan fingerprint density at radius 3 is 2.23 bits per heavy atom. The summed E-state index contributed by atoms with van der Waals surface area (Å²) in [5.41, 5.74) is 1.64. The number of nitrogens with zero attached hydrogens (tertiary/aromatic N) is 2. The fourth-order valence-corrected chi connectivity index (χ4v) is 5.83. The number of hydrogen-bond donors (Lipinski definition) is 1. The van der Waals surface area contributed by atoms with Crippen LogP contribution in [0.5, 0.6) is 0 Å². The molecular formula is C28H30Cl3N3O4S. The van der Waals surface area contributed by atoms with E-state index in [0.717, 1.165) is 10.7 Å². The van der Waals surface area contributed by atoms with Crippen LogP contribution >= 0.6 is 34.8 Å². The molecule has 0 saturated carbocycles. The Bertz CT molecular complexity index is 1430. The van der Waals surface area contributed by atoms with Gasteiger partial charge in [0, 0.05) is 18.1 Å². The van der Waals surface area contributed by atoms with Crippen molar-refractivity contribution in [3.63, 3.8) is 0 Å². The number of carbonyl (C=O) groups excluding carboxylic acids is 2. The molecule has 3 rings (SSSR count). The van der Waals surface area contributed by atoms with Crippen molar-refractivity contribution in [2.24, 2.45) is 0 Å². The van der Waals surface area contributed by atoms with E-state index >= 15 is 0 Å². The fourth-order valence-electron chi connectivity index (χ4n) is 3.90. The van der Waals surface area contributed by atoms with Gasteiger partial charge in [-0.2, -0.15) is 0 Å². The molecule has 39 heavy (non-hydrogen) atoms. The van der Waals surface area contributed by atoms with E-state index < -0.39 is 28.5 Å². The normalized spacial score (nSPS) is 12.1. The van der Waals surface area contributed by atoms with Gasteiger partial charge in [0.15, 0.2) is 0 Å². The van der Waals surface area contributed by atoms with Crippen LogP contribution in [0.4, 0.5) is 5.69 Å². The van der Waals surface area contributed by atoms with Crippen LogP contribution in [0, 0.1) is 6.92 Å². The second kappa shape index (κ2) is 13.5. The third kappa shape index (κ3) is 7.66. The summed E-state index contributed by atoms with van der Waals surface area (Å²) in [5, 5.41) is 3.84. The van der Waals surface area contributed by atoms with Gasteiger partial charge in [-0.15, -0.1) is 0 Å². The Hall–Kier alpha value is -2.78. The number of aryl methyl sites for hydroxylation is 1. The lowest BCUT2D eigenvalue weighted by molar-refractivity contribution is -0.139. The van der Waals surface area contributed by atoms with E-state index in [1.54, 1.807) is 56.3 Å². The first-order valence-corrected chi connectivity index (χ1v) is 14.9. The van der Waals surface area contributed by atoms with Gasteiger partial charge in [0.2, 0.25) is 11.8 Å². The fraction of sp³-hybridized carbons (Fsp3) is 0.286. The molecule has 1 atom stereocenters. The molecule has 0 saturated heterocycles. The van der Waals surface area contributed by atoms with Crippen LogP contribution in [0.1, 0.15) is 31.4 Å². The molecule has 0 fully saturated rings. The smallest absolute Gasteiger partial charge is 0.264 e. The van der Waals surface area contributed by atoms with E-state index in [9.17, 15) is 18.0 Å².